The fraction of sp³-hybridized carbons (Fsp3) is 0.923. The molecule has 1 heterocycles. The van der Waals surface area contributed by atoms with Crippen molar-refractivity contribution in [3.8, 4) is 0 Å². The number of rotatable bonds is 3. The van der Waals surface area contributed by atoms with Crippen LogP contribution >= 0.6 is 12.4 Å². The molecule has 17 heavy (non-hydrogen) atoms. The number of nitrogens with two attached hydrogens (primary N) is 1. The highest BCUT2D eigenvalue weighted by molar-refractivity contribution is 5.85. The van der Waals surface area contributed by atoms with Crippen LogP contribution in [0.25, 0.3) is 0 Å². The van der Waals surface area contributed by atoms with Crippen molar-refractivity contribution in [3.63, 3.8) is 0 Å². The number of hydrogen-bond acceptors (Lipinski definition) is 2. The second kappa shape index (κ2) is 5.57. The summed E-state index contributed by atoms with van der Waals surface area (Å²) in [5, 5.41) is 0. The minimum absolute atomic E-state index is 0. The Labute approximate surface area is 111 Å². The number of hydrogen-bond donors (Lipinski definition) is 1. The van der Waals surface area contributed by atoms with Gasteiger partial charge in [-0.1, -0.05) is 13.8 Å². The maximum Gasteiger partial charge on any atom is 0.226 e. The third-order valence-electron chi connectivity index (χ3n) is 4.22. The van der Waals surface area contributed by atoms with Crippen molar-refractivity contribution in [2.24, 2.45) is 23.0 Å². The van der Waals surface area contributed by atoms with Gasteiger partial charge in [-0.3, -0.25) is 4.79 Å². The van der Waals surface area contributed by atoms with Crippen LogP contribution in [0.2, 0.25) is 0 Å². The summed E-state index contributed by atoms with van der Waals surface area (Å²) in [6, 6.07) is 0. The molecule has 0 aromatic heterocycles. The zero-order valence-electron chi connectivity index (χ0n) is 10.9. The quantitative estimate of drug-likeness (QED) is 0.844. The van der Waals surface area contributed by atoms with E-state index in [0.29, 0.717) is 17.7 Å². The van der Waals surface area contributed by atoms with Crippen molar-refractivity contribution in [1.82, 2.24) is 4.90 Å². The summed E-state index contributed by atoms with van der Waals surface area (Å²) in [7, 11) is 0. The summed E-state index contributed by atoms with van der Waals surface area (Å²) >= 11 is 0. The molecule has 0 bridgehead atoms. The monoisotopic (exact) mass is 260 g/mol. The predicted molar refractivity (Wildman–Crippen MR) is 72.1 cm³/mol. The van der Waals surface area contributed by atoms with Crippen LogP contribution in [-0.2, 0) is 4.79 Å². The Morgan fingerprint density at radius 2 is 2.12 bits per heavy atom. The number of nitrogens with zero attached hydrogens (tertiary/aromatic N) is 1. The van der Waals surface area contributed by atoms with Gasteiger partial charge in [-0.2, -0.15) is 0 Å². The summed E-state index contributed by atoms with van der Waals surface area (Å²) in [5.74, 6) is 1.33. The molecule has 3 nitrogen and oxygen atoms in total. The van der Waals surface area contributed by atoms with Gasteiger partial charge in [-0.25, -0.2) is 0 Å². The van der Waals surface area contributed by atoms with Crippen LogP contribution in [0, 0.1) is 17.3 Å². The van der Waals surface area contributed by atoms with Gasteiger partial charge < -0.3 is 10.6 Å². The maximum atomic E-state index is 12.2. The molecule has 1 amide bonds. The lowest BCUT2D eigenvalue weighted by atomic mass is 9.94. The van der Waals surface area contributed by atoms with Gasteiger partial charge in [-0.05, 0) is 43.6 Å². The average Bonchev–Trinajstić information content (AvgIpc) is 2.88. The maximum absolute atomic E-state index is 12.2. The Morgan fingerprint density at radius 3 is 2.65 bits per heavy atom. The molecule has 2 N–H and O–H groups in total. The Hall–Kier alpha value is -0.280. The topological polar surface area (TPSA) is 46.3 Å². The van der Waals surface area contributed by atoms with Crippen molar-refractivity contribution >= 4 is 18.3 Å². The predicted octanol–water partition coefficient (Wildman–Crippen LogP) is 2.04. The highest BCUT2D eigenvalue weighted by Crippen LogP contribution is 2.52. The van der Waals surface area contributed by atoms with Gasteiger partial charge in [-0.15, -0.1) is 12.4 Å². The zero-order valence-corrected chi connectivity index (χ0v) is 11.8. The summed E-state index contributed by atoms with van der Waals surface area (Å²) in [6.07, 6.45) is 4.54. The minimum Gasteiger partial charge on any atom is -0.342 e. The highest BCUT2D eigenvalue weighted by Gasteiger charge is 2.52. The van der Waals surface area contributed by atoms with Gasteiger partial charge in [0.05, 0.1) is 0 Å². The number of halogens is 1. The van der Waals surface area contributed by atoms with E-state index in [1.54, 1.807) is 0 Å². The number of amides is 1. The Balaban J connectivity index is 0.00000144. The van der Waals surface area contributed by atoms with E-state index in [0.717, 1.165) is 38.9 Å². The summed E-state index contributed by atoms with van der Waals surface area (Å²) in [4.78, 5) is 14.3. The summed E-state index contributed by atoms with van der Waals surface area (Å²) in [5.41, 5.74) is 5.85. The first-order valence-electron chi connectivity index (χ1n) is 6.53. The number of carbonyl (C=O) groups is 1. The van der Waals surface area contributed by atoms with Gasteiger partial charge in [0.1, 0.15) is 0 Å². The van der Waals surface area contributed by atoms with E-state index >= 15 is 0 Å². The van der Waals surface area contributed by atoms with Gasteiger partial charge in [0.15, 0.2) is 0 Å². The van der Waals surface area contributed by atoms with Crippen LogP contribution in [0.5, 0.6) is 0 Å². The summed E-state index contributed by atoms with van der Waals surface area (Å²) in [6.45, 7) is 7.05. The molecule has 100 valence electrons. The van der Waals surface area contributed by atoms with E-state index < -0.39 is 0 Å². The third kappa shape index (κ3) is 3.35. The molecule has 2 atom stereocenters. The van der Waals surface area contributed by atoms with Crippen molar-refractivity contribution in [2.75, 3.05) is 19.6 Å². The van der Waals surface area contributed by atoms with Gasteiger partial charge in [0.2, 0.25) is 5.91 Å². The van der Waals surface area contributed by atoms with E-state index in [-0.39, 0.29) is 17.8 Å². The number of carbonyl (C=O) groups excluding carboxylic acids is 1. The second-order valence-electron chi connectivity index (χ2n) is 6.12. The Kier molecular flexibility index (Phi) is 4.85. The molecule has 0 aromatic rings. The van der Waals surface area contributed by atoms with Crippen molar-refractivity contribution in [2.45, 2.75) is 39.5 Å². The number of likely N-dealkylation sites (tertiary alicyclic amines) is 1. The third-order valence-corrected chi connectivity index (χ3v) is 4.22. The lowest BCUT2D eigenvalue weighted by Crippen LogP contribution is -2.41. The molecular formula is C13H25ClN2O. The summed E-state index contributed by atoms with van der Waals surface area (Å²) < 4.78 is 0. The van der Waals surface area contributed by atoms with E-state index in [9.17, 15) is 4.79 Å². The zero-order chi connectivity index (χ0) is 11.8. The van der Waals surface area contributed by atoms with Crippen molar-refractivity contribution < 1.29 is 4.79 Å². The van der Waals surface area contributed by atoms with Crippen LogP contribution in [0.4, 0.5) is 0 Å². The molecule has 2 fully saturated rings. The van der Waals surface area contributed by atoms with E-state index in [2.05, 4.69) is 18.7 Å². The minimum atomic E-state index is 0. The molecule has 2 unspecified atom stereocenters. The van der Waals surface area contributed by atoms with Crippen LogP contribution < -0.4 is 5.73 Å². The molecule has 1 saturated heterocycles. The lowest BCUT2D eigenvalue weighted by Gasteiger charge is -2.33. The fourth-order valence-corrected chi connectivity index (χ4v) is 2.85. The first-order valence-corrected chi connectivity index (χ1v) is 6.53. The van der Waals surface area contributed by atoms with Crippen molar-refractivity contribution in [1.29, 1.82) is 0 Å². The fourth-order valence-electron chi connectivity index (χ4n) is 2.85. The smallest absolute Gasteiger partial charge is 0.226 e. The van der Waals surface area contributed by atoms with E-state index in [4.69, 9.17) is 5.73 Å². The molecule has 2 rings (SSSR count). The SMILES string of the molecule is CC1(C)CC1C(=O)N1CCCC(CCN)C1.Cl. The molecule has 0 spiro atoms. The normalized spacial score (nSPS) is 30.6. The van der Waals surface area contributed by atoms with Crippen LogP contribution in [0.3, 0.4) is 0 Å². The molecule has 4 heteroatoms. The molecule has 1 aliphatic carbocycles. The molecule has 2 aliphatic rings. The Bertz CT molecular complexity index is 279. The second-order valence-corrected chi connectivity index (χ2v) is 6.12. The van der Waals surface area contributed by atoms with Gasteiger partial charge in [0, 0.05) is 19.0 Å². The van der Waals surface area contributed by atoms with E-state index in [1.165, 1.54) is 6.42 Å². The highest BCUT2D eigenvalue weighted by atomic mass is 35.5. The van der Waals surface area contributed by atoms with Crippen molar-refractivity contribution in [3.05, 3.63) is 0 Å². The first-order chi connectivity index (χ1) is 7.54. The molecule has 0 radical (unpaired) electrons. The molecular weight excluding hydrogens is 236 g/mol. The average molecular weight is 261 g/mol. The molecule has 1 aliphatic heterocycles. The van der Waals surface area contributed by atoms with Crippen LogP contribution in [0.1, 0.15) is 39.5 Å². The van der Waals surface area contributed by atoms with Gasteiger partial charge >= 0.3 is 0 Å². The standard InChI is InChI=1S/C13H24N2O.ClH/c1-13(2)8-11(13)12(16)15-7-3-4-10(9-15)5-6-14;/h10-11H,3-9,14H2,1-2H3;1H. The largest absolute Gasteiger partial charge is 0.342 e. The molecule has 0 aromatic carbocycles. The van der Waals surface area contributed by atoms with E-state index in [1.807, 2.05) is 0 Å². The molecule has 1 saturated carbocycles. The van der Waals surface area contributed by atoms with Gasteiger partial charge in [0.25, 0.3) is 0 Å². The van der Waals surface area contributed by atoms with Crippen LogP contribution in [-0.4, -0.2) is 30.4 Å². The Morgan fingerprint density at radius 1 is 1.47 bits per heavy atom. The van der Waals surface area contributed by atoms with Crippen LogP contribution in [0.15, 0.2) is 0 Å². The number of piperidine rings is 1. The lowest BCUT2D eigenvalue weighted by molar-refractivity contribution is -0.135. The first kappa shape index (κ1) is 14.8.